The Morgan fingerprint density at radius 3 is 1.79 bits per heavy atom. The molecular formula is C26H34N2O5. The average Bonchev–Trinajstić information content (AvgIpc) is 2.79. The predicted molar refractivity (Wildman–Crippen MR) is 127 cm³/mol. The summed E-state index contributed by atoms with van der Waals surface area (Å²) in [5.74, 6) is -1.52. The molecule has 0 spiro atoms. The van der Waals surface area contributed by atoms with Gasteiger partial charge in [-0.05, 0) is 55.0 Å². The van der Waals surface area contributed by atoms with Crippen molar-refractivity contribution >= 4 is 23.3 Å². The van der Waals surface area contributed by atoms with Gasteiger partial charge < -0.3 is 15.4 Å². The van der Waals surface area contributed by atoms with Gasteiger partial charge in [-0.25, -0.2) is 0 Å². The molecule has 0 aliphatic heterocycles. The fraction of sp³-hybridized carbons (Fsp3) is 0.462. The van der Waals surface area contributed by atoms with Crippen molar-refractivity contribution in [3.8, 4) is 0 Å². The number of rotatable bonds is 16. The maximum atomic E-state index is 12.9. The lowest BCUT2D eigenvalue weighted by molar-refractivity contribution is -0.436. The number of hydrogen-bond acceptors (Lipinski definition) is 4. The Hall–Kier alpha value is -3.22. The van der Waals surface area contributed by atoms with E-state index in [0.717, 1.165) is 62.5 Å². The van der Waals surface area contributed by atoms with Crippen LogP contribution >= 0.6 is 0 Å². The molecule has 7 heteroatoms. The molecule has 2 N–H and O–H groups in total. The zero-order valence-electron chi connectivity index (χ0n) is 19.1. The van der Waals surface area contributed by atoms with E-state index < -0.39 is 11.9 Å². The van der Waals surface area contributed by atoms with Gasteiger partial charge in [-0.2, -0.15) is 0 Å². The van der Waals surface area contributed by atoms with Crippen LogP contribution in [0.25, 0.3) is 0 Å². The molecule has 0 aliphatic carbocycles. The number of unbranched alkanes of at least 4 members (excludes halogenated alkanes) is 6. The summed E-state index contributed by atoms with van der Waals surface area (Å²) in [4.78, 5) is 21.9. The summed E-state index contributed by atoms with van der Waals surface area (Å²) >= 11 is 0. The molecule has 0 bridgehead atoms. The highest BCUT2D eigenvalue weighted by Gasteiger charge is 2.13. The molecule has 0 unspecified atom stereocenters. The summed E-state index contributed by atoms with van der Waals surface area (Å²) in [5.41, 5.74) is 3.13. The Kier molecular flexibility index (Phi) is 11.7. The molecule has 0 heterocycles. The third-order valence-corrected chi connectivity index (χ3v) is 5.56. The van der Waals surface area contributed by atoms with E-state index in [4.69, 9.17) is 10.2 Å². The van der Waals surface area contributed by atoms with Crippen LogP contribution in [0.3, 0.4) is 0 Å². The summed E-state index contributed by atoms with van der Waals surface area (Å²) < 4.78 is 0. The molecule has 178 valence electrons. The van der Waals surface area contributed by atoms with Crippen molar-refractivity contribution < 1.29 is 24.7 Å². The second-order valence-electron chi connectivity index (χ2n) is 8.25. The van der Waals surface area contributed by atoms with Gasteiger partial charge >= 0.3 is 11.9 Å². The van der Waals surface area contributed by atoms with Crippen molar-refractivity contribution in [3.63, 3.8) is 0 Å². The SMILES string of the molecule is O=C(O)CCCCCCc1ccccc1N=[N+]([O-])c1ccccc1CCCCCCC(=O)O. The normalized spacial score (nSPS) is 11.5. The molecule has 0 radical (unpaired) electrons. The first-order valence-electron chi connectivity index (χ1n) is 11.8. The zero-order chi connectivity index (χ0) is 23.9. The van der Waals surface area contributed by atoms with E-state index in [2.05, 4.69) is 5.11 Å². The summed E-state index contributed by atoms with van der Waals surface area (Å²) in [6, 6.07) is 15.1. The van der Waals surface area contributed by atoms with E-state index in [1.165, 1.54) is 0 Å². The number of azo groups is 1. The van der Waals surface area contributed by atoms with Gasteiger partial charge in [0.1, 0.15) is 5.69 Å². The average molecular weight is 455 g/mol. The van der Waals surface area contributed by atoms with E-state index in [-0.39, 0.29) is 12.8 Å². The predicted octanol–water partition coefficient (Wildman–Crippen LogP) is 6.77. The van der Waals surface area contributed by atoms with Crippen molar-refractivity contribution in [1.82, 2.24) is 0 Å². The van der Waals surface area contributed by atoms with Crippen LogP contribution in [0.15, 0.2) is 53.6 Å². The topological polar surface area (TPSA) is 113 Å². The van der Waals surface area contributed by atoms with Crippen molar-refractivity contribution in [2.45, 2.75) is 77.0 Å². The van der Waals surface area contributed by atoms with Gasteiger partial charge in [0.25, 0.3) is 0 Å². The summed E-state index contributed by atoms with van der Waals surface area (Å²) in [7, 11) is 0. The maximum Gasteiger partial charge on any atom is 0.303 e. The van der Waals surface area contributed by atoms with E-state index in [1.807, 2.05) is 42.5 Å². The standard InChI is InChI=1S/C26H34N2O5/c29-25(30)19-7-3-1-5-13-21-14-9-11-17-23(21)27-28(33)24-18-12-10-16-22(24)15-6-2-4-8-20-26(31)32/h9-12,14,16-18H,1-8,13,15,19-20H2,(H,29,30)(H,31,32). The fourth-order valence-electron chi connectivity index (χ4n) is 3.77. The molecule has 0 saturated heterocycles. The number of para-hydroxylation sites is 1. The van der Waals surface area contributed by atoms with E-state index in [1.54, 1.807) is 6.07 Å². The number of carbonyl (C=O) groups is 2. The largest absolute Gasteiger partial charge is 0.594 e. The smallest absolute Gasteiger partial charge is 0.303 e. The van der Waals surface area contributed by atoms with Crippen molar-refractivity contribution in [1.29, 1.82) is 0 Å². The molecule has 33 heavy (non-hydrogen) atoms. The summed E-state index contributed by atoms with van der Waals surface area (Å²) in [6.07, 6.45) is 8.73. The Morgan fingerprint density at radius 2 is 1.18 bits per heavy atom. The second-order valence-corrected chi connectivity index (χ2v) is 8.25. The lowest BCUT2D eigenvalue weighted by Crippen LogP contribution is -1.98. The van der Waals surface area contributed by atoms with Gasteiger partial charge in [-0.15, -0.1) is 0 Å². The highest BCUT2D eigenvalue weighted by Crippen LogP contribution is 2.26. The van der Waals surface area contributed by atoms with Gasteiger partial charge in [0.05, 0.1) is 0 Å². The van der Waals surface area contributed by atoms with Crippen LogP contribution in [-0.2, 0) is 22.4 Å². The molecule has 0 aromatic heterocycles. The minimum Gasteiger partial charge on any atom is -0.594 e. The lowest BCUT2D eigenvalue weighted by Gasteiger charge is -2.08. The van der Waals surface area contributed by atoms with Crippen molar-refractivity contribution in [2.75, 3.05) is 0 Å². The van der Waals surface area contributed by atoms with Gasteiger partial charge in [0.15, 0.2) is 0 Å². The van der Waals surface area contributed by atoms with Crippen LogP contribution < -0.4 is 0 Å². The quantitative estimate of drug-likeness (QED) is 0.126. The van der Waals surface area contributed by atoms with Crippen LogP contribution in [0.2, 0.25) is 0 Å². The third kappa shape index (κ3) is 10.3. The number of hydrogen-bond donors (Lipinski definition) is 2. The molecule has 0 aliphatic rings. The maximum absolute atomic E-state index is 12.9. The Labute approximate surface area is 195 Å². The molecule has 2 rings (SSSR count). The van der Waals surface area contributed by atoms with Crippen molar-refractivity contribution in [3.05, 3.63) is 64.9 Å². The van der Waals surface area contributed by atoms with Gasteiger partial charge in [0.2, 0.25) is 5.69 Å². The lowest BCUT2D eigenvalue weighted by atomic mass is 10.0. The third-order valence-electron chi connectivity index (χ3n) is 5.56. The van der Waals surface area contributed by atoms with E-state index in [0.29, 0.717) is 29.1 Å². The minimum absolute atomic E-state index is 0.200. The molecule has 0 saturated carbocycles. The number of benzene rings is 2. The summed E-state index contributed by atoms with van der Waals surface area (Å²) in [6.45, 7) is 0. The van der Waals surface area contributed by atoms with Crippen LogP contribution in [0.5, 0.6) is 0 Å². The van der Waals surface area contributed by atoms with Gasteiger partial charge in [-0.1, -0.05) is 62.1 Å². The van der Waals surface area contributed by atoms with Crippen LogP contribution in [0.4, 0.5) is 11.4 Å². The zero-order valence-corrected chi connectivity index (χ0v) is 19.1. The molecule has 0 atom stereocenters. The first kappa shape index (κ1) is 26.0. The molecule has 0 amide bonds. The fourth-order valence-corrected chi connectivity index (χ4v) is 3.77. The highest BCUT2D eigenvalue weighted by molar-refractivity contribution is 5.66. The second kappa shape index (κ2) is 14.8. The van der Waals surface area contributed by atoms with E-state index >= 15 is 0 Å². The molecular weight excluding hydrogens is 420 g/mol. The van der Waals surface area contributed by atoms with Crippen LogP contribution in [0, 0.1) is 5.21 Å². The molecule has 2 aromatic rings. The highest BCUT2D eigenvalue weighted by atomic mass is 16.5. The summed E-state index contributed by atoms with van der Waals surface area (Å²) in [5, 5.41) is 34.7. The number of carboxylic acids is 2. The minimum atomic E-state index is -0.762. The number of nitrogens with zero attached hydrogens (tertiary/aromatic N) is 2. The number of carboxylic acid groups (broad SMARTS) is 2. The monoisotopic (exact) mass is 454 g/mol. The van der Waals surface area contributed by atoms with Crippen LogP contribution in [0.1, 0.15) is 75.3 Å². The van der Waals surface area contributed by atoms with Gasteiger partial charge in [-0.3, -0.25) is 9.59 Å². The first-order chi connectivity index (χ1) is 16.0. The van der Waals surface area contributed by atoms with E-state index in [9.17, 15) is 14.8 Å². The Bertz CT molecular complexity index is 926. The molecule has 7 nitrogen and oxygen atoms in total. The first-order valence-corrected chi connectivity index (χ1v) is 11.8. The Balaban J connectivity index is 1.95. The Morgan fingerprint density at radius 1 is 0.697 bits per heavy atom. The molecule has 0 fully saturated rings. The molecule has 2 aromatic carbocycles. The number of aryl methyl sites for hydroxylation is 2. The van der Waals surface area contributed by atoms with Gasteiger partial charge in [0, 0.05) is 29.6 Å². The van der Waals surface area contributed by atoms with Crippen molar-refractivity contribution in [2.24, 2.45) is 5.11 Å². The van der Waals surface area contributed by atoms with Crippen LogP contribution in [-0.4, -0.2) is 27.0 Å². The number of aliphatic carboxylic acids is 2.